The van der Waals surface area contributed by atoms with E-state index in [4.69, 9.17) is 4.74 Å². The molecule has 144 valence electrons. The Kier molecular flexibility index (Phi) is 6.16. The van der Waals surface area contributed by atoms with Crippen molar-refractivity contribution in [3.8, 4) is 0 Å². The highest BCUT2D eigenvalue weighted by Gasteiger charge is 2.30. The highest BCUT2D eigenvalue weighted by molar-refractivity contribution is 6.20. The quantitative estimate of drug-likeness (QED) is 0.585. The van der Waals surface area contributed by atoms with Crippen LogP contribution >= 0.6 is 0 Å². The van der Waals surface area contributed by atoms with Gasteiger partial charge >= 0.3 is 5.97 Å². The van der Waals surface area contributed by atoms with Crippen molar-refractivity contribution in [1.29, 1.82) is 0 Å². The average Bonchev–Trinajstić information content (AvgIpc) is 3.05. The lowest BCUT2D eigenvalue weighted by atomic mass is 10.1. The maximum absolute atomic E-state index is 12.2. The number of rotatable bonds is 7. The number of hydrogen-bond acceptors (Lipinski definition) is 5. The molecule has 3 amide bonds. The molecule has 7 heteroatoms. The summed E-state index contributed by atoms with van der Waals surface area (Å²) in [5, 5.41) is 2.69. The molecule has 2 aromatic rings. The predicted molar refractivity (Wildman–Crippen MR) is 102 cm³/mol. The Morgan fingerprint density at radius 2 is 1.68 bits per heavy atom. The van der Waals surface area contributed by atoms with Crippen molar-refractivity contribution in [2.45, 2.75) is 19.3 Å². The highest BCUT2D eigenvalue weighted by atomic mass is 16.5. The molecule has 3 rings (SSSR count). The molecular weight excluding hydrogens is 360 g/mol. The standard InChI is InChI=1S/C21H20N2O5/c24-18(22-12-11-15-5-2-1-3-6-15)14-28-21(27)16-7-4-8-17(13-16)23-19(25)9-10-20(23)26/h1-8,13H,9-12,14H2,(H,22,24). The lowest BCUT2D eigenvalue weighted by Gasteiger charge is -2.14. The molecule has 0 unspecified atom stereocenters. The third kappa shape index (κ3) is 4.82. The summed E-state index contributed by atoms with van der Waals surface area (Å²) in [4.78, 5) is 48.7. The highest BCUT2D eigenvalue weighted by Crippen LogP contribution is 2.23. The molecule has 1 saturated heterocycles. The van der Waals surface area contributed by atoms with Gasteiger partial charge in [0.1, 0.15) is 0 Å². The van der Waals surface area contributed by atoms with Gasteiger partial charge in [-0.1, -0.05) is 36.4 Å². The molecule has 1 aliphatic heterocycles. The number of hydrogen-bond donors (Lipinski definition) is 1. The molecule has 0 aliphatic carbocycles. The van der Waals surface area contributed by atoms with Crippen molar-refractivity contribution in [2.24, 2.45) is 0 Å². The van der Waals surface area contributed by atoms with Crippen molar-refractivity contribution in [1.82, 2.24) is 5.32 Å². The van der Waals surface area contributed by atoms with Crippen molar-refractivity contribution in [3.05, 3.63) is 65.7 Å². The van der Waals surface area contributed by atoms with Crippen LogP contribution in [-0.4, -0.2) is 36.8 Å². The minimum Gasteiger partial charge on any atom is -0.452 e. The lowest BCUT2D eigenvalue weighted by Crippen LogP contribution is -2.30. The van der Waals surface area contributed by atoms with Crippen LogP contribution in [0, 0.1) is 0 Å². The molecule has 1 fully saturated rings. The Labute approximate surface area is 162 Å². The summed E-state index contributed by atoms with van der Waals surface area (Å²) < 4.78 is 5.02. The summed E-state index contributed by atoms with van der Waals surface area (Å²) in [6.45, 7) is 0.0362. The fourth-order valence-electron chi connectivity index (χ4n) is 2.89. The first-order valence-electron chi connectivity index (χ1n) is 8.98. The first-order valence-corrected chi connectivity index (χ1v) is 8.98. The number of carbonyl (C=O) groups is 4. The number of benzene rings is 2. The average molecular weight is 380 g/mol. The molecular formula is C21H20N2O5. The summed E-state index contributed by atoms with van der Waals surface area (Å²) in [6.07, 6.45) is 1.01. The van der Waals surface area contributed by atoms with E-state index in [0.717, 1.165) is 10.5 Å². The molecule has 0 aromatic heterocycles. The third-order valence-electron chi connectivity index (χ3n) is 4.30. The molecule has 1 heterocycles. The largest absolute Gasteiger partial charge is 0.452 e. The van der Waals surface area contributed by atoms with E-state index >= 15 is 0 Å². The summed E-state index contributed by atoms with van der Waals surface area (Å²) in [5.41, 5.74) is 1.60. The van der Waals surface area contributed by atoms with Crippen LogP contribution in [0.1, 0.15) is 28.8 Å². The fraction of sp³-hybridized carbons (Fsp3) is 0.238. The van der Waals surface area contributed by atoms with Crippen molar-refractivity contribution >= 4 is 29.4 Å². The number of ether oxygens (including phenoxy) is 1. The van der Waals surface area contributed by atoms with E-state index in [1.807, 2.05) is 30.3 Å². The smallest absolute Gasteiger partial charge is 0.338 e. The lowest BCUT2D eigenvalue weighted by molar-refractivity contribution is -0.124. The summed E-state index contributed by atoms with van der Waals surface area (Å²) in [6, 6.07) is 15.8. The van der Waals surface area contributed by atoms with E-state index in [0.29, 0.717) is 18.7 Å². The normalized spacial score (nSPS) is 13.5. The van der Waals surface area contributed by atoms with Gasteiger partial charge in [0.25, 0.3) is 5.91 Å². The summed E-state index contributed by atoms with van der Waals surface area (Å²) in [5.74, 6) is -1.69. The molecule has 2 aromatic carbocycles. The second-order valence-electron chi connectivity index (χ2n) is 6.33. The molecule has 0 saturated carbocycles. The zero-order valence-electron chi connectivity index (χ0n) is 15.2. The zero-order chi connectivity index (χ0) is 19.9. The van der Waals surface area contributed by atoms with Gasteiger partial charge < -0.3 is 10.1 Å². The number of nitrogens with one attached hydrogen (secondary N) is 1. The van der Waals surface area contributed by atoms with Crippen LogP contribution in [0.15, 0.2) is 54.6 Å². The number of amides is 3. The van der Waals surface area contributed by atoms with E-state index in [-0.39, 0.29) is 30.2 Å². The van der Waals surface area contributed by atoms with Gasteiger partial charge in [-0.25, -0.2) is 4.79 Å². The van der Waals surface area contributed by atoms with Crippen LogP contribution in [0.25, 0.3) is 0 Å². The van der Waals surface area contributed by atoms with Gasteiger partial charge in [0.2, 0.25) is 11.8 Å². The molecule has 1 aliphatic rings. The maximum Gasteiger partial charge on any atom is 0.338 e. The van der Waals surface area contributed by atoms with Crippen LogP contribution in [0.3, 0.4) is 0 Å². The Balaban J connectivity index is 1.49. The Bertz CT molecular complexity index is 879. The minimum atomic E-state index is -0.695. The SMILES string of the molecule is O=C(COC(=O)c1cccc(N2C(=O)CCC2=O)c1)NCCc1ccccc1. The van der Waals surface area contributed by atoms with Crippen molar-refractivity contribution in [2.75, 3.05) is 18.1 Å². The van der Waals surface area contributed by atoms with E-state index in [1.54, 1.807) is 12.1 Å². The van der Waals surface area contributed by atoms with Gasteiger partial charge in [-0.2, -0.15) is 0 Å². The van der Waals surface area contributed by atoms with Gasteiger partial charge in [0.05, 0.1) is 11.3 Å². The number of carbonyl (C=O) groups excluding carboxylic acids is 4. The maximum atomic E-state index is 12.2. The predicted octanol–water partition coefficient (Wildman–Crippen LogP) is 1.86. The number of esters is 1. The molecule has 28 heavy (non-hydrogen) atoms. The monoisotopic (exact) mass is 380 g/mol. The molecule has 0 spiro atoms. The van der Waals surface area contributed by atoms with Crippen LogP contribution in [0.2, 0.25) is 0 Å². The van der Waals surface area contributed by atoms with Gasteiger partial charge in [0.15, 0.2) is 6.61 Å². The molecule has 0 bridgehead atoms. The minimum absolute atomic E-state index is 0.163. The van der Waals surface area contributed by atoms with E-state index in [1.165, 1.54) is 12.1 Å². The Hall–Kier alpha value is -3.48. The van der Waals surface area contributed by atoms with Crippen LogP contribution < -0.4 is 10.2 Å². The molecule has 0 atom stereocenters. The van der Waals surface area contributed by atoms with Crippen LogP contribution in [0.4, 0.5) is 5.69 Å². The van der Waals surface area contributed by atoms with Crippen molar-refractivity contribution < 1.29 is 23.9 Å². The van der Waals surface area contributed by atoms with E-state index in [9.17, 15) is 19.2 Å². The second kappa shape index (κ2) is 8.94. The first-order chi connectivity index (χ1) is 13.5. The topological polar surface area (TPSA) is 92.8 Å². The van der Waals surface area contributed by atoms with Crippen LogP contribution in [0.5, 0.6) is 0 Å². The number of nitrogens with zero attached hydrogens (tertiary/aromatic N) is 1. The first kappa shape index (κ1) is 19.3. The Morgan fingerprint density at radius 3 is 2.39 bits per heavy atom. The van der Waals surface area contributed by atoms with Crippen LogP contribution in [-0.2, 0) is 25.5 Å². The molecule has 1 N–H and O–H groups in total. The van der Waals surface area contributed by atoms with Crippen molar-refractivity contribution in [3.63, 3.8) is 0 Å². The van der Waals surface area contributed by atoms with Gasteiger partial charge in [-0.3, -0.25) is 19.3 Å². The van der Waals surface area contributed by atoms with Gasteiger partial charge in [-0.05, 0) is 30.2 Å². The van der Waals surface area contributed by atoms with Gasteiger partial charge in [0, 0.05) is 19.4 Å². The Morgan fingerprint density at radius 1 is 0.964 bits per heavy atom. The number of anilines is 1. The molecule has 0 radical (unpaired) electrons. The van der Waals surface area contributed by atoms with E-state index < -0.39 is 18.5 Å². The molecule has 7 nitrogen and oxygen atoms in total. The van der Waals surface area contributed by atoms with Gasteiger partial charge in [-0.15, -0.1) is 0 Å². The summed E-state index contributed by atoms with van der Waals surface area (Å²) >= 11 is 0. The second-order valence-corrected chi connectivity index (χ2v) is 6.33. The fourth-order valence-corrected chi connectivity index (χ4v) is 2.89. The summed E-state index contributed by atoms with van der Waals surface area (Å²) in [7, 11) is 0. The number of imide groups is 1. The van der Waals surface area contributed by atoms with E-state index in [2.05, 4.69) is 5.32 Å². The third-order valence-corrected chi connectivity index (χ3v) is 4.30. The zero-order valence-corrected chi connectivity index (χ0v) is 15.2.